The minimum Gasteiger partial charge on any atom is -0.315 e. The van der Waals surface area contributed by atoms with Gasteiger partial charge in [-0.05, 0) is 68.3 Å². The number of fused-ring (bicyclic) bond motifs is 1. The normalized spacial score (nSPS) is 17.7. The maximum Gasteiger partial charge on any atom is 0.283 e. The lowest BCUT2D eigenvalue weighted by Crippen LogP contribution is -2.35. The van der Waals surface area contributed by atoms with Crippen molar-refractivity contribution in [2.75, 3.05) is 0 Å². The lowest BCUT2D eigenvalue weighted by atomic mass is 10.1. The first-order chi connectivity index (χ1) is 13.9. The number of benzene rings is 1. The number of carbonyl (C=O) groups is 1. The van der Waals surface area contributed by atoms with Gasteiger partial charge in [0.05, 0.1) is 11.3 Å². The molecule has 3 heterocycles. The molecule has 6 nitrogen and oxygen atoms in total. The molecule has 1 aromatic carbocycles. The minimum absolute atomic E-state index is 0.00861. The van der Waals surface area contributed by atoms with Crippen LogP contribution in [0.4, 0.5) is 4.39 Å². The molecule has 0 fully saturated rings. The van der Waals surface area contributed by atoms with Gasteiger partial charge in [-0.1, -0.05) is 19.1 Å². The van der Waals surface area contributed by atoms with Crippen molar-refractivity contribution in [2.45, 2.75) is 33.6 Å². The van der Waals surface area contributed by atoms with E-state index in [1.807, 2.05) is 19.9 Å². The zero-order valence-corrected chi connectivity index (χ0v) is 17.2. The van der Waals surface area contributed by atoms with Crippen LogP contribution in [0.3, 0.4) is 0 Å². The molecular formula is C21H20FN5OS. The summed E-state index contributed by atoms with van der Waals surface area (Å²) in [5.41, 5.74) is 2.97. The summed E-state index contributed by atoms with van der Waals surface area (Å²) in [6, 6.07) is 8.43. The highest BCUT2D eigenvalue weighted by molar-refractivity contribution is 8.26. The van der Waals surface area contributed by atoms with Crippen molar-refractivity contribution >= 4 is 39.8 Å². The van der Waals surface area contributed by atoms with Gasteiger partial charge in [-0.25, -0.2) is 4.39 Å². The van der Waals surface area contributed by atoms with Gasteiger partial charge in [-0.2, -0.15) is 15.1 Å². The summed E-state index contributed by atoms with van der Waals surface area (Å²) in [5, 5.41) is 15.6. The van der Waals surface area contributed by atoms with Gasteiger partial charge < -0.3 is 4.57 Å². The second kappa shape index (κ2) is 7.44. The summed E-state index contributed by atoms with van der Waals surface area (Å²) in [5.74, 6) is -0.775. The lowest BCUT2D eigenvalue weighted by Gasteiger charge is -2.20. The van der Waals surface area contributed by atoms with Crippen LogP contribution in [-0.2, 0) is 4.79 Å². The number of hydrogen-bond donors (Lipinski definition) is 1. The number of hydrogen-bond acceptors (Lipinski definition) is 4. The van der Waals surface area contributed by atoms with E-state index in [2.05, 4.69) is 17.0 Å². The average molecular weight is 409 g/mol. The van der Waals surface area contributed by atoms with Crippen molar-refractivity contribution in [3.63, 3.8) is 0 Å². The van der Waals surface area contributed by atoms with E-state index in [0.717, 1.165) is 34.8 Å². The summed E-state index contributed by atoms with van der Waals surface area (Å²) in [4.78, 5) is 16.7. The van der Waals surface area contributed by atoms with Crippen LogP contribution in [0.1, 0.15) is 36.7 Å². The Morgan fingerprint density at radius 1 is 1.28 bits per heavy atom. The van der Waals surface area contributed by atoms with Gasteiger partial charge in [0, 0.05) is 11.4 Å². The molecule has 8 heteroatoms. The van der Waals surface area contributed by atoms with Gasteiger partial charge in [-0.15, -0.1) is 0 Å². The van der Waals surface area contributed by atoms with Crippen LogP contribution in [-0.4, -0.2) is 31.5 Å². The van der Waals surface area contributed by atoms with E-state index >= 15 is 0 Å². The summed E-state index contributed by atoms with van der Waals surface area (Å²) in [6.07, 6.45) is 3.35. The van der Waals surface area contributed by atoms with E-state index in [4.69, 9.17) is 5.41 Å². The van der Waals surface area contributed by atoms with E-state index < -0.39 is 5.91 Å². The number of aryl methyl sites for hydroxylation is 1. The number of rotatable bonds is 4. The first-order valence-corrected chi connectivity index (χ1v) is 10.1. The fourth-order valence-electron chi connectivity index (χ4n) is 3.44. The summed E-state index contributed by atoms with van der Waals surface area (Å²) in [6.45, 7) is 5.79. The molecule has 148 valence electrons. The first-order valence-electron chi connectivity index (χ1n) is 9.33. The molecule has 2 aliphatic rings. The molecule has 1 N–H and O–H groups in total. The van der Waals surface area contributed by atoms with Gasteiger partial charge in [0.25, 0.3) is 5.91 Å². The molecule has 0 unspecified atom stereocenters. The second-order valence-corrected chi connectivity index (χ2v) is 7.92. The lowest BCUT2D eigenvalue weighted by molar-refractivity contribution is -0.114. The molecule has 2 aliphatic heterocycles. The summed E-state index contributed by atoms with van der Waals surface area (Å²) >= 11 is 1.33. The highest BCUT2D eigenvalue weighted by Gasteiger charge is 2.35. The largest absolute Gasteiger partial charge is 0.315 e. The standard InChI is InChI=1S/C21H20FN5OS/c1-4-7-18-25-27-19(23)15(20(28)24-21(27)29-18)11-14-10-12(2)26(13(14)3)17-9-6-5-8-16(17)22/h5-6,8-11,23H,4,7H2,1-3H3/b15-11-,23-19?. The Bertz CT molecular complexity index is 1130. The molecule has 0 aliphatic carbocycles. The number of nitrogens with zero attached hydrogens (tertiary/aromatic N) is 4. The predicted octanol–water partition coefficient (Wildman–Crippen LogP) is 4.65. The van der Waals surface area contributed by atoms with E-state index in [-0.39, 0.29) is 17.2 Å². The molecule has 0 bridgehead atoms. The van der Waals surface area contributed by atoms with Gasteiger partial charge in [0.1, 0.15) is 10.9 Å². The Labute approximate surface area is 172 Å². The third-order valence-electron chi connectivity index (χ3n) is 4.82. The van der Waals surface area contributed by atoms with E-state index in [1.54, 1.807) is 28.8 Å². The first kappa shape index (κ1) is 19.3. The zero-order valence-electron chi connectivity index (χ0n) is 16.4. The SMILES string of the molecule is CCCC1=NN2C(=N)/C(=C/c3cc(C)n(-c4ccccc4F)c3C)C(=O)N=C2S1. The number of thioether (sulfide) groups is 1. The van der Waals surface area contributed by atoms with Gasteiger partial charge in [0.15, 0.2) is 5.84 Å². The number of aromatic nitrogens is 1. The Morgan fingerprint density at radius 3 is 2.76 bits per heavy atom. The Balaban J connectivity index is 1.74. The molecular weight excluding hydrogens is 389 g/mol. The quantitative estimate of drug-likeness (QED) is 0.747. The van der Waals surface area contributed by atoms with Crippen LogP contribution in [0.5, 0.6) is 0 Å². The average Bonchev–Trinajstić information content (AvgIpc) is 3.20. The predicted molar refractivity (Wildman–Crippen MR) is 115 cm³/mol. The molecule has 29 heavy (non-hydrogen) atoms. The maximum absolute atomic E-state index is 14.3. The van der Waals surface area contributed by atoms with Crippen molar-refractivity contribution in [1.29, 1.82) is 5.41 Å². The number of halogens is 1. The number of amides is 1. The number of amidine groups is 2. The Kier molecular flexibility index (Phi) is 4.96. The molecule has 0 saturated carbocycles. The molecule has 0 saturated heterocycles. The monoisotopic (exact) mass is 409 g/mol. The molecule has 1 amide bonds. The number of nitrogens with one attached hydrogen (secondary N) is 1. The van der Waals surface area contributed by atoms with Crippen LogP contribution in [0, 0.1) is 25.1 Å². The minimum atomic E-state index is -0.461. The van der Waals surface area contributed by atoms with Crippen LogP contribution >= 0.6 is 11.8 Å². The molecule has 0 spiro atoms. The highest BCUT2D eigenvalue weighted by Crippen LogP contribution is 2.31. The third kappa shape index (κ3) is 3.33. The summed E-state index contributed by atoms with van der Waals surface area (Å²) in [7, 11) is 0. The summed E-state index contributed by atoms with van der Waals surface area (Å²) < 4.78 is 16.1. The van der Waals surface area contributed by atoms with E-state index in [9.17, 15) is 9.18 Å². The van der Waals surface area contributed by atoms with Crippen LogP contribution in [0.15, 0.2) is 46.0 Å². The molecule has 1 aromatic heterocycles. The topological polar surface area (TPSA) is 73.8 Å². The molecule has 4 rings (SSSR count). The van der Waals surface area contributed by atoms with E-state index in [1.165, 1.54) is 22.8 Å². The zero-order chi connectivity index (χ0) is 20.7. The van der Waals surface area contributed by atoms with Crippen molar-refractivity contribution in [1.82, 2.24) is 9.58 Å². The maximum atomic E-state index is 14.3. The van der Waals surface area contributed by atoms with Gasteiger partial charge >= 0.3 is 0 Å². The second-order valence-electron chi connectivity index (χ2n) is 6.88. The number of aliphatic imine (C=N–C) groups is 1. The highest BCUT2D eigenvalue weighted by atomic mass is 32.2. The van der Waals surface area contributed by atoms with Crippen molar-refractivity contribution in [3.05, 3.63) is 58.7 Å². The van der Waals surface area contributed by atoms with Crippen molar-refractivity contribution in [2.24, 2.45) is 10.1 Å². The molecule has 0 radical (unpaired) electrons. The number of carbonyl (C=O) groups excluding carboxylic acids is 1. The van der Waals surface area contributed by atoms with Crippen molar-refractivity contribution in [3.8, 4) is 5.69 Å². The Hall–Kier alpha value is -3.00. The van der Waals surface area contributed by atoms with E-state index in [0.29, 0.717) is 10.9 Å². The molecule has 2 aromatic rings. The fraction of sp³-hybridized carbons (Fsp3) is 0.238. The molecule has 0 atom stereocenters. The van der Waals surface area contributed by atoms with Gasteiger partial charge in [0.2, 0.25) is 5.17 Å². The van der Waals surface area contributed by atoms with Crippen LogP contribution < -0.4 is 0 Å². The number of hydrazone groups is 1. The van der Waals surface area contributed by atoms with Gasteiger partial charge in [-0.3, -0.25) is 10.2 Å². The fourth-order valence-corrected chi connectivity index (χ4v) is 4.43. The Morgan fingerprint density at radius 2 is 2.03 bits per heavy atom. The van der Waals surface area contributed by atoms with Crippen LogP contribution in [0.25, 0.3) is 11.8 Å². The smallest absolute Gasteiger partial charge is 0.283 e. The third-order valence-corrected chi connectivity index (χ3v) is 5.79. The number of para-hydroxylation sites is 1. The van der Waals surface area contributed by atoms with Crippen LogP contribution in [0.2, 0.25) is 0 Å². The van der Waals surface area contributed by atoms with Crippen molar-refractivity contribution < 1.29 is 9.18 Å².